The van der Waals surface area contributed by atoms with Crippen molar-refractivity contribution in [3.63, 3.8) is 0 Å². The third-order valence-corrected chi connectivity index (χ3v) is 4.76. The summed E-state index contributed by atoms with van der Waals surface area (Å²) in [5, 5.41) is 2.97. The second-order valence-corrected chi connectivity index (χ2v) is 6.41. The zero-order valence-electron chi connectivity index (χ0n) is 11.3. The number of hydrogen-bond acceptors (Lipinski definition) is 2. The molecule has 1 aromatic carbocycles. The number of hydrogen-bond donors (Lipinski definition) is 2. The molecule has 0 bridgehead atoms. The quantitative estimate of drug-likeness (QED) is 0.889. The molecule has 3 nitrogen and oxygen atoms in total. The summed E-state index contributed by atoms with van der Waals surface area (Å²) in [6.07, 6.45) is 5.85. The van der Waals surface area contributed by atoms with Crippen LogP contribution in [0.3, 0.4) is 0 Å². The average molecular weight is 325 g/mol. The molecule has 0 radical (unpaired) electrons. The molecule has 1 aliphatic carbocycles. The SMILES string of the molecule is Cc1c(Br)cccc1NC(=O)CC1(N)CCCCC1. The molecule has 1 saturated carbocycles. The number of anilines is 1. The van der Waals surface area contributed by atoms with Crippen molar-refractivity contribution in [2.45, 2.75) is 51.0 Å². The van der Waals surface area contributed by atoms with Crippen LogP contribution in [0.1, 0.15) is 44.1 Å². The maximum atomic E-state index is 12.1. The van der Waals surface area contributed by atoms with Gasteiger partial charge in [0.2, 0.25) is 5.91 Å². The lowest BCUT2D eigenvalue weighted by molar-refractivity contribution is -0.117. The average Bonchev–Trinajstić information content (AvgIpc) is 2.35. The molecule has 3 N–H and O–H groups in total. The van der Waals surface area contributed by atoms with Crippen LogP contribution in [0.4, 0.5) is 5.69 Å². The molecule has 1 amide bonds. The maximum Gasteiger partial charge on any atom is 0.226 e. The first-order valence-electron chi connectivity index (χ1n) is 6.84. The Labute approximate surface area is 123 Å². The number of amides is 1. The summed E-state index contributed by atoms with van der Waals surface area (Å²) in [5.41, 5.74) is 7.91. The molecule has 104 valence electrons. The molecule has 19 heavy (non-hydrogen) atoms. The van der Waals surface area contributed by atoms with E-state index in [0.717, 1.165) is 41.4 Å². The van der Waals surface area contributed by atoms with Crippen molar-refractivity contribution in [1.29, 1.82) is 0 Å². The van der Waals surface area contributed by atoms with Gasteiger partial charge in [0, 0.05) is 22.1 Å². The van der Waals surface area contributed by atoms with E-state index in [4.69, 9.17) is 5.73 Å². The molecular weight excluding hydrogens is 304 g/mol. The largest absolute Gasteiger partial charge is 0.326 e. The van der Waals surface area contributed by atoms with Gasteiger partial charge in [-0.15, -0.1) is 0 Å². The van der Waals surface area contributed by atoms with E-state index in [-0.39, 0.29) is 11.4 Å². The molecule has 1 fully saturated rings. The van der Waals surface area contributed by atoms with Gasteiger partial charge in [-0.1, -0.05) is 41.3 Å². The summed E-state index contributed by atoms with van der Waals surface area (Å²) < 4.78 is 1.01. The molecule has 0 heterocycles. The van der Waals surface area contributed by atoms with Crippen LogP contribution in [-0.4, -0.2) is 11.4 Å². The third kappa shape index (κ3) is 3.80. The van der Waals surface area contributed by atoms with Crippen molar-refractivity contribution >= 4 is 27.5 Å². The summed E-state index contributed by atoms with van der Waals surface area (Å²) in [5.74, 6) is 0.0191. The molecule has 0 aromatic heterocycles. The zero-order valence-corrected chi connectivity index (χ0v) is 12.9. The second kappa shape index (κ2) is 6.06. The lowest BCUT2D eigenvalue weighted by atomic mass is 9.80. The van der Waals surface area contributed by atoms with Crippen LogP contribution in [0, 0.1) is 6.92 Å². The van der Waals surface area contributed by atoms with Gasteiger partial charge in [0.1, 0.15) is 0 Å². The van der Waals surface area contributed by atoms with Gasteiger partial charge in [-0.3, -0.25) is 4.79 Å². The monoisotopic (exact) mass is 324 g/mol. The van der Waals surface area contributed by atoms with E-state index in [2.05, 4.69) is 21.2 Å². The molecule has 1 aliphatic rings. The van der Waals surface area contributed by atoms with Gasteiger partial charge in [0.05, 0.1) is 0 Å². The van der Waals surface area contributed by atoms with Crippen LogP contribution in [0.25, 0.3) is 0 Å². The molecular formula is C15H21BrN2O. The molecule has 0 aliphatic heterocycles. The van der Waals surface area contributed by atoms with Crippen LogP contribution in [0.15, 0.2) is 22.7 Å². The Balaban J connectivity index is 1.99. The van der Waals surface area contributed by atoms with Crippen LogP contribution < -0.4 is 11.1 Å². The van der Waals surface area contributed by atoms with Crippen LogP contribution >= 0.6 is 15.9 Å². The predicted octanol–water partition coefficient (Wildman–Crippen LogP) is 3.75. The van der Waals surface area contributed by atoms with Crippen molar-refractivity contribution in [3.05, 3.63) is 28.2 Å². The highest BCUT2D eigenvalue weighted by molar-refractivity contribution is 9.10. The van der Waals surface area contributed by atoms with Crippen LogP contribution in [-0.2, 0) is 4.79 Å². The van der Waals surface area contributed by atoms with E-state index in [9.17, 15) is 4.79 Å². The number of nitrogens with one attached hydrogen (secondary N) is 1. The highest BCUT2D eigenvalue weighted by Crippen LogP contribution is 2.29. The lowest BCUT2D eigenvalue weighted by Crippen LogP contribution is -2.44. The Bertz CT molecular complexity index is 467. The summed E-state index contributed by atoms with van der Waals surface area (Å²) in [4.78, 5) is 12.1. The van der Waals surface area contributed by atoms with Gasteiger partial charge < -0.3 is 11.1 Å². The Morgan fingerprint density at radius 2 is 2.05 bits per heavy atom. The highest BCUT2D eigenvalue weighted by atomic mass is 79.9. The number of rotatable bonds is 3. The summed E-state index contributed by atoms with van der Waals surface area (Å²) in [6.45, 7) is 1.98. The van der Waals surface area contributed by atoms with Gasteiger partial charge in [0.25, 0.3) is 0 Å². The fourth-order valence-corrected chi connectivity index (χ4v) is 3.06. The van der Waals surface area contributed by atoms with Crippen molar-refractivity contribution in [3.8, 4) is 0 Å². The predicted molar refractivity (Wildman–Crippen MR) is 82.1 cm³/mol. The summed E-state index contributed by atoms with van der Waals surface area (Å²) >= 11 is 3.47. The molecule has 0 unspecified atom stereocenters. The van der Waals surface area contributed by atoms with E-state index in [0.29, 0.717) is 6.42 Å². The Morgan fingerprint density at radius 1 is 1.37 bits per heavy atom. The number of carbonyl (C=O) groups excluding carboxylic acids is 1. The minimum Gasteiger partial charge on any atom is -0.326 e. The van der Waals surface area contributed by atoms with E-state index in [1.807, 2.05) is 25.1 Å². The lowest BCUT2D eigenvalue weighted by Gasteiger charge is -2.32. The van der Waals surface area contributed by atoms with E-state index in [1.54, 1.807) is 0 Å². The number of halogens is 1. The van der Waals surface area contributed by atoms with Crippen molar-refractivity contribution in [2.24, 2.45) is 5.73 Å². The van der Waals surface area contributed by atoms with Gasteiger partial charge in [-0.25, -0.2) is 0 Å². The molecule has 2 rings (SSSR count). The molecule has 4 heteroatoms. The highest BCUT2D eigenvalue weighted by Gasteiger charge is 2.30. The smallest absolute Gasteiger partial charge is 0.226 e. The minimum atomic E-state index is -0.303. The molecule has 1 aromatic rings. The first kappa shape index (κ1) is 14.5. The number of benzene rings is 1. The van der Waals surface area contributed by atoms with Gasteiger partial charge in [0.15, 0.2) is 0 Å². The van der Waals surface area contributed by atoms with Gasteiger partial charge >= 0.3 is 0 Å². The standard InChI is InChI=1S/C15H21BrN2O/c1-11-12(16)6-5-7-13(11)18-14(19)10-15(17)8-3-2-4-9-15/h5-7H,2-4,8-10,17H2,1H3,(H,18,19). The Hall–Kier alpha value is -0.870. The van der Waals surface area contributed by atoms with Crippen LogP contribution in [0.2, 0.25) is 0 Å². The molecule has 0 saturated heterocycles. The zero-order chi connectivity index (χ0) is 13.9. The Morgan fingerprint density at radius 3 is 2.74 bits per heavy atom. The fourth-order valence-electron chi connectivity index (χ4n) is 2.69. The van der Waals surface area contributed by atoms with E-state index >= 15 is 0 Å². The summed E-state index contributed by atoms with van der Waals surface area (Å²) in [6, 6.07) is 5.81. The van der Waals surface area contributed by atoms with Crippen molar-refractivity contribution in [2.75, 3.05) is 5.32 Å². The topological polar surface area (TPSA) is 55.1 Å². The van der Waals surface area contributed by atoms with Gasteiger partial charge in [-0.2, -0.15) is 0 Å². The van der Waals surface area contributed by atoms with Gasteiger partial charge in [-0.05, 0) is 37.5 Å². The van der Waals surface area contributed by atoms with Crippen LogP contribution in [0.5, 0.6) is 0 Å². The minimum absolute atomic E-state index is 0.0191. The maximum absolute atomic E-state index is 12.1. The first-order valence-corrected chi connectivity index (χ1v) is 7.63. The van der Waals surface area contributed by atoms with Crippen molar-refractivity contribution in [1.82, 2.24) is 0 Å². The Kier molecular flexibility index (Phi) is 4.63. The number of nitrogens with two attached hydrogens (primary N) is 1. The first-order chi connectivity index (χ1) is 9.00. The summed E-state index contributed by atoms with van der Waals surface area (Å²) in [7, 11) is 0. The van der Waals surface area contributed by atoms with E-state index < -0.39 is 0 Å². The fraction of sp³-hybridized carbons (Fsp3) is 0.533. The van der Waals surface area contributed by atoms with E-state index in [1.165, 1.54) is 6.42 Å². The number of carbonyl (C=O) groups is 1. The molecule has 0 spiro atoms. The third-order valence-electron chi connectivity index (χ3n) is 3.90. The second-order valence-electron chi connectivity index (χ2n) is 5.56. The normalized spacial score (nSPS) is 18.1. The van der Waals surface area contributed by atoms with Crippen molar-refractivity contribution < 1.29 is 4.79 Å². The molecule has 0 atom stereocenters.